The number of rotatable bonds is 5. The van der Waals surface area contributed by atoms with E-state index in [2.05, 4.69) is 10.3 Å². The van der Waals surface area contributed by atoms with Gasteiger partial charge in [0.15, 0.2) is 0 Å². The number of amides is 1. The van der Waals surface area contributed by atoms with Crippen molar-refractivity contribution in [1.29, 1.82) is 0 Å². The number of hydrogen-bond donors (Lipinski definition) is 3. The second-order valence-electron chi connectivity index (χ2n) is 5.73. The van der Waals surface area contributed by atoms with Crippen LogP contribution in [-0.4, -0.2) is 22.5 Å². The normalized spacial score (nSPS) is 10.5. The Bertz CT molecular complexity index is 973. The van der Waals surface area contributed by atoms with E-state index in [0.29, 0.717) is 28.6 Å². The van der Waals surface area contributed by atoms with E-state index in [1.54, 1.807) is 6.07 Å². The molecule has 1 aromatic heterocycles. The largest absolute Gasteiger partial charge is 0.507 e. The second-order valence-corrected chi connectivity index (χ2v) is 6.14. The first-order valence-corrected chi connectivity index (χ1v) is 8.51. The van der Waals surface area contributed by atoms with Crippen LogP contribution in [0.15, 0.2) is 54.6 Å². The van der Waals surface area contributed by atoms with Gasteiger partial charge in [-0.3, -0.25) is 4.79 Å². The van der Waals surface area contributed by atoms with Crippen LogP contribution >= 0.6 is 11.6 Å². The van der Waals surface area contributed by atoms with Gasteiger partial charge in [-0.2, -0.15) is 0 Å². The predicted molar refractivity (Wildman–Crippen MR) is 104 cm³/mol. The van der Waals surface area contributed by atoms with Crippen molar-refractivity contribution in [3.63, 3.8) is 0 Å². The van der Waals surface area contributed by atoms with Gasteiger partial charge in [0.05, 0.1) is 11.3 Å². The Balaban J connectivity index is 2.17. The number of nitrogens with one attached hydrogen (secondary N) is 1. The minimum Gasteiger partial charge on any atom is -0.507 e. The van der Waals surface area contributed by atoms with Gasteiger partial charge in [-0.1, -0.05) is 29.8 Å². The fourth-order valence-corrected chi connectivity index (χ4v) is 2.94. The molecule has 1 amide bonds. The average Bonchev–Trinajstić information content (AvgIpc) is 2.62. The molecule has 6 heteroatoms. The van der Waals surface area contributed by atoms with Gasteiger partial charge in [-0.25, -0.2) is 4.98 Å². The van der Waals surface area contributed by atoms with Crippen molar-refractivity contribution in [3.05, 3.63) is 65.2 Å². The lowest BCUT2D eigenvalue weighted by Crippen LogP contribution is -2.11. The molecule has 3 rings (SSSR count). The number of carbonyl (C=O) groups is 1. The minimum absolute atomic E-state index is 0.0532. The number of nitrogens with zero attached hydrogens (tertiary/aromatic N) is 1. The summed E-state index contributed by atoms with van der Waals surface area (Å²) in [5, 5.41) is 13.6. The second kappa shape index (κ2) is 7.45. The molecule has 0 unspecified atom stereocenters. The van der Waals surface area contributed by atoms with E-state index in [1.165, 1.54) is 12.1 Å². The van der Waals surface area contributed by atoms with Gasteiger partial charge in [-0.15, -0.1) is 0 Å². The zero-order chi connectivity index (χ0) is 18.7. The lowest BCUT2D eigenvalue weighted by atomic mass is 10.0. The molecule has 0 aliphatic heterocycles. The van der Waals surface area contributed by atoms with E-state index < -0.39 is 5.91 Å². The lowest BCUT2D eigenvalue weighted by Gasteiger charge is -2.12. The number of carbonyl (C=O) groups excluding carboxylic acids is 1. The summed E-state index contributed by atoms with van der Waals surface area (Å²) in [6.07, 6.45) is 0. The van der Waals surface area contributed by atoms with Gasteiger partial charge in [0.2, 0.25) is 0 Å². The van der Waals surface area contributed by atoms with Crippen molar-refractivity contribution >= 4 is 23.3 Å². The average molecular weight is 368 g/mol. The van der Waals surface area contributed by atoms with Crippen LogP contribution in [0.1, 0.15) is 17.3 Å². The topological polar surface area (TPSA) is 88.2 Å². The Morgan fingerprint density at radius 2 is 1.92 bits per heavy atom. The Hall–Kier alpha value is -3.05. The molecule has 0 aliphatic carbocycles. The number of aromatic hydroxyl groups is 1. The maximum absolute atomic E-state index is 11.5. The SMILES string of the molecule is CCNc1cc(-c2ccccc2Cl)cc(-c2ccc(O)c(C(N)=O)c2)n1. The van der Waals surface area contributed by atoms with Crippen LogP contribution in [0.2, 0.25) is 5.02 Å². The molecule has 0 saturated carbocycles. The first-order chi connectivity index (χ1) is 12.5. The number of pyridine rings is 1. The summed E-state index contributed by atoms with van der Waals surface area (Å²) in [5.41, 5.74) is 8.47. The third-order valence-corrected chi connectivity index (χ3v) is 4.26. The van der Waals surface area contributed by atoms with Crippen LogP contribution < -0.4 is 11.1 Å². The number of nitrogens with two attached hydrogens (primary N) is 1. The van der Waals surface area contributed by atoms with Crippen LogP contribution in [0, 0.1) is 0 Å². The molecule has 0 saturated heterocycles. The molecule has 3 aromatic rings. The molecule has 132 valence electrons. The van der Waals surface area contributed by atoms with Crippen LogP contribution in [0.25, 0.3) is 22.4 Å². The van der Waals surface area contributed by atoms with Crippen LogP contribution in [-0.2, 0) is 0 Å². The highest BCUT2D eigenvalue weighted by Crippen LogP contribution is 2.33. The highest BCUT2D eigenvalue weighted by Gasteiger charge is 2.13. The van der Waals surface area contributed by atoms with Crippen molar-refractivity contribution in [1.82, 2.24) is 4.98 Å². The van der Waals surface area contributed by atoms with Crippen LogP contribution in [0.4, 0.5) is 5.82 Å². The molecule has 2 aromatic carbocycles. The number of benzene rings is 2. The molecule has 0 fully saturated rings. The third-order valence-electron chi connectivity index (χ3n) is 3.93. The van der Waals surface area contributed by atoms with E-state index in [-0.39, 0.29) is 11.3 Å². The predicted octanol–water partition coefficient (Wildman–Crippen LogP) is 4.31. The molecule has 4 N–H and O–H groups in total. The van der Waals surface area contributed by atoms with E-state index in [1.807, 2.05) is 43.3 Å². The first-order valence-electron chi connectivity index (χ1n) is 8.13. The van der Waals surface area contributed by atoms with Crippen LogP contribution in [0.5, 0.6) is 5.75 Å². The summed E-state index contributed by atoms with van der Waals surface area (Å²) in [4.78, 5) is 16.1. The van der Waals surface area contributed by atoms with Crippen LogP contribution in [0.3, 0.4) is 0 Å². The molecule has 0 radical (unpaired) electrons. The van der Waals surface area contributed by atoms with Crippen molar-refractivity contribution < 1.29 is 9.90 Å². The maximum atomic E-state index is 11.5. The Morgan fingerprint density at radius 1 is 1.15 bits per heavy atom. The zero-order valence-electron chi connectivity index (χ0n) is 14.2. The third kappa shape index (κ3) is 3.63. The number of anilines is 1. The van der Waals surface area contributed by atoms with Crippen molar-refractivity contribution in [2.24, 2.45) is 5.73 Å². The Kier molecular flexibility index (Phi) is 5.09. The Labute approximate surface area is 156 Å². The summed E-state index contributed by atoms with van der Waals surface area (Å²) < 4.78 is 0. The van der Waals surface area contributed by atoms with Gasteiger partial charge < -0.3 is 16.2 Å². The maximum Gasteiger partial charge on any atom is 0.252 e. The van der Waals surface area contributed by atoms with E-state index >= 15 is 0 Å². The van der Waals surface area contributed by atoms with Gasteiger partial charge in [0, 0.05) is 22.7 Å². The molecule has 0 atom stereocenters. The van der Waals surface area contributed by atoms with Gasteiger partial charge in [0.1, 0.15) is 11.6 Å². The van der Waals surface area contributed by atoms with Crippen molar-refractivity contribution in [2.45, 2.75) is 6.92 Å². The number of primary amides is 1. The van der Waals surface area contributed by atoms with E-state index in [4.69, 9.17) is 17.3 Å². The fraction of sp³-hybridized carbons (Fsp3) is 0.100. The van der Waals surface area contributed by atoms with Gasteiger partial charge in [0.25, 0.3) is 5.91 Å². The van der Waals surface area contributed by atoms with E-state index in [9.17, 15) is 9.90 Å². The quantitative estimate of drug-likeness (QED) is 0.627. The fourth-order valence-electron chi connectivity index (χ4n) is 2.69. The number of phenols is 1. The molecule has 1 heterocycles. The van der Waals surface area contributed by atoms with Crippen molar-refractivity contribution in [3.8, 4) is 28.1 Å². The number of hydrogen-bond acceptors (Lipinski definition) is 4. The molecule has 26 heavy (non-hydrogen) atoms. The standard InChI is InChI=1S/C20H18ClN3O2/c1-2-23-19-11-13(14-5-3-4-6-16(14)21)10-17(24-19)12-7-8-18(25)15(9-12)20(22)26/h3-11,25H,2H2,1H3,(H2,22,26)(H,23,24). The van der Waals surface area contributed by atoms with Gasteiger partial charge >= 0.3 is 0 Å². The summed E-state index contributed by atoms with van der Waals surface area (Å²) >= 11 is 6.34. The number of aromatic nitrogens is 1. The summed E-state index contributed by atoms with van der Waals surface area (Å²) in [5.74, 6) is -0.164. The van der Waals surface area contributed by atoms with Gasteiger partial charge in [-0.05, 0) is 48.9 Å². The minimum atomic E-state index is -0.696. The first kappa shape index (κ1) is 17.8. The smallest absolute Gasteiger partial charge is 0.252 e. The summed E-state index contributed by atoms with van der Waals surface area (Å²) in [6, 6.07) is 16.0. The van der Waals surface area contributed by atoms with E-state index in [0.717, 1.165) is 11.1 Å². The molecule has 0 spiro atoms. The molecule has 5 nitrogen and oxygen atoms in total. The monoisotopic (exact) mass is 367 g/mol. The zero-order valence-corrected chi connectivity index (χ0v) is 14.9. The summed E-state index contributed by atoms with van der Waals surface area (Å²) in [7, 11) is 0. The highest BCUT2D eigenvalue weighted by atomic mass is 35.5. The molecule has 0 bridgehead atoms. The molecular formula is C20H18ClN3O2. The summed E-state index contributed by atoms with van der Waals surface area (Å²) in [6.45, 7) is 2.69. The highest BCUT2D eigenvalue weighted by molar-refractivity contribution is 6.33. The van der Waals surface area contributed by atoms with Crippen molar-refractivity contribution in [2.75, 3.05) is 11.9 Å². The lowest BCUT2D eigenvalue weighted by molar-refractivity contribution is 0.0998. The Morgan fingerprint density at radius 3 is 2.62 bits per heavy atom. The number of halogens is 1. The molecule has 0 aliphatic rings. The molecular weight excluding hydrogens is 350 g/mol.